The first-order valence-corrected chi connectivity index (χ1v) is 8.06. The van der Waals surface area contributed by atoms with E-state index in [1.165, 1.54) is 25.9 Å². The molecule has 0 aliphatic carbocycles. The summed E-state index contributed by atoms with van der Waals surface area (Å²) in [6.07, 6.45) is 5.21. The Labute approximate surface area is 119 Å². The summed E-state index contributed by atoms with van der Waals surface area (Å²) in [6.45, 7) is 12.4. The molecule has 3 heteroatoms. The predicted molar refractivity (Wildman–Crippen MR) is 82.5 cm³/mol. The van der Waals surface area contributed by atoms with Crippen LogP contribution in [0.15, 0.2) is 0 Å². The Bertz CT molecular complexity index is 213. The highest BCUT2D eigenvalue weighted by Gasteiger charge is 2.24. The van der Waals surface area contributed by atoms with Gasteiger partial charge in [0.15, 0.2) is 0 Å². The smallest absolute Gasteiger partial charge is 0.0599 e. The van der Waals surface area contributed by atoms with Gasteiger partial charge in [0, 0.05) is 25.7 Å². The molecule has 2 nitrogen and oxygen atoms in total. The molecule has 108 valence electrons. The molecule has 0 saturated carbocycles. The second-order valence-corrected chi connectivity index (χ2v) is 6.96. The predicted octanol–water partition coefficient (Wildman–Crippen LogP) is 3.61. The summed E-state index contributed by atoms with van der Waals surface area (Å²) in [5.74, 6) is 0.749. The summed E-state index contributed by atoms with van der Waals surface area (Å²) < 4.78 is 5.96. The van der Waals surface area contributed by atoms with E-state index in [-0.39, 0.29) is 0 Å². The van der Waals surface area contributed by atoms with Crippen LogP contribution < -0.4 is 0 Å². The van der Waals surface area contributed by atoms with Gasteiger partial charge in [-0.2, -0.15) is 12.6 Å². The zero-order valence-corrected chi connectivity index (χ0v) is 13.5. The van der Waals surface area contributed by atoms with Crippen LogP contribution >= 0.6 is 12.6 Å². The van der Waals surface area contributed by atoms with Gasteiger partial charge in [-0.3, -0.25) is 0 Å². The molecule has 0 amide bonds. The number of piperidine rings is 1. The number of likely N-dealkylation sites (tertiary alicyclic amines) is 1. The molecular weight excluding hydrogens is 242 g/mol. The van der Waals surface area contributed by atoms with E-state index in [0.717, 1.165) is 25.4 Å². The van der Waals surface area contributed by atoms with E-state index in [0.29, 0.717) is 17.4 Å². The van der Waals surface area contributed by atoms with Crippen molar-refractivity contribution in [1.82, 2.24) is 4.90 Å². The number of hydrogen-bond donors (Lipinski definition) is 1. The molecule has 0 aromatic rings. The van der Waals surface area contributed by atoms with Crippen molar-refractivity contribution in [1.29, 1.82) is 0 Å². The first kappa shape index (κ1) is 16.3. The van der Waals surface area contributed by atoms with E-state index in [4.69, 9.17) is 4.74 Å². The van der Waals surface area contributed by atoms with Crippen molar-refractivity contribution in [2.45, 2.75) is 70.8 Å². The fourth-order valence-electron chi connectivity index (χ4n) is 2.50. The summed E-state index contributed by atoms with van der Waals surface area (Å²) >= 11 is 4.39. The number of thiol groups is 1. The van der Waals surface area contributed by atoms with Crippen LogP contribution in [0.25, 0.3) is 0 Å². The minimum absolute atomic E-state index is 0.496. The molecule has 2 atom stereocenters. The van der Waals surface area contributed by atoms with Gasteiger partial charge in [0.2, 0.25) is 0 Å². The van der Waals surface area contributed by atoms with Crippen LogP contribution in [0.4, 0.5) is 0 Å². The van der Waals surface area contributed by atoms with Crippen molar-refractivity contribution in [3.8, 4) is 0 Å². The van der Waals surface area contributed by atoms with Gasteiger partial charge in [0.05, 0.1) is 6.10 Å². The van der Waals surface area contributed by atoms with Gasteiger partial charge in [-0.15, -0.1) is 0 Å². The summed E-state index contributed by atoms with van der Waals surface area (Å²) in [6, 6.07) is 0.705. The molecule has 0 N–H and O–H groups in total. The maximum atomic E-state index is 5.96. The maximum absolute atomic E-state index is 5.96. The molecule has 1 rings (SSSR count). The van der Waals surface area contributed by atoms with Gasteiger partial charge in [0.25, 0.3) is 0 Å². The Hall–Kier alpha value is 0.270. The average molecular weight is 273 g/mol. The van der Waals surface area contributed by atoms with E-state index in [1.54, 1.807) is 0 Å². The summed E-state index contributed by atoms with van der Waals surface area (Å²) in [7, 11) is 0. The van der Waals surface area contributed by atoms with Gasteiger partial charge in [-0.05, 0) is 43.8 Å². The number of rotatable bonds is 7. The van der Waals surface area contributed by atoms with E-state index in [2.05, 4.69) is 45.2 Å². The van der Waals surface area contributed by atoms with E-state index in [1.807, 2.05) is 0 Å². The first-order valence-electron chi connectivity index (χ1n) is 7.54. The maximum Gasteiger partial charge on any atom is 0.0599 e. The van der Waals surface area contributed by atoms with Gasteiger partial charge < -0.3 is 9.64 Å². The highest BCUT2D eigenvalue weighted by atomic mass is 32.1. The molecule has 1 saturated heterocycles. The normalized spacial score (nSPS) is 22.3. The lowest BCUT2D eigenvalue weighted by molar-refractivity contribution is -0.00594. The molecule has 0 radical (unpaired) electrons. The highest BCUT2D eigenvalue weighted by Crippen LogP contribution is 2.19. The number of ether oxygens (including phenoxy) is 1. The van der Waals surface area contributed by atoms with Crippen LogP contribution in [0.5, 0.6) is 0 Å². The largest absolute Gasteiger partial charge is 0.378 e. The standard InChI is InChI=1S/C15H31NOS/c1-12(2)14(4)16-9-7-15(8-10-16)17-11-5-6-13(3)18/h12-15,18H,5-11H2,1-4H3/t13?,14-/m1/s1. The average Bonchev–Trinajstić information content (AvgIpc) is 2.34. The zero-order valence-electron chi connectivity index (χ0n) is 12.6. The molecule has 1 fully saturated rings. The van der Waals surface area contributed by atoms with Gasteiger partial charge in [-0.25, -0.2) is 0 Å². The van der Waals surface area contributed by atoms with Crippen LogP contribution in [0.1, 0.15) is 53.4 Å². The van der Waals surface area contributed by atoms with Crippen molar-refractivity contribution in [2.75, 3.05) is 19.7 Å². The molecule has 1 heterocycles. The summed E-state index contributed by atoms with van der Waals surface area (Å²) in [5, 5.41) is 0.502. The van der Waals surface area contributed by atoms with Gasteiger partial charge >= 0.3 is 0 Å². The fourth-order valence-corrected chi connectivity index (χ4v) is 2.68. The summed E-state index contributed by atoms with van der Waals surface area (Å²) in [5.41, 5.74) is 0. The second-order valence-electron chi connectivity index (χ2n) is 6.08. The third kappa shape index (κ3) is 5.94. The van der Waals surface area contributed by atoms with Crippen molar-refractivity contribution in [3.05, 3.63) is 0 Å². The van der Waals surface area contributed by atoms with Crippen LogP contribution in [0, 0.1) is 5.92 Å². The molecule has 0 bridgehead atoms. The Morgan fingerprint density at radius 2 is 1.78 bits per heavy atom. The van der Waals surface area contributed by atoms with Gasteiger partial charge in [0.1, 0.15) is 0 Å². The highest BCUT2D eigenvalue weighted by molar-refractivity contribution is 7.80. The van der Waals surface area contributed by atoms with Crippen molar-refractivity contribution in [2.24, 2.45) is 5.92 Å². The van der Waals surface area contributed by atoms with Crippen LogP contribution in [0.2, 0.25) is 0 Å². The number of nitrogens with zero attached hydrogens (tertiary/aromatic N) is 1. The van der Waals surface area contributed by atoms with Crippen molar-refractivity contribution < 1.29 is 4.74 Å². The lowest BCUT2D eigenvalue weighted by atomic mass is 10.00. The third-order valence-electron chi connectivity index (χ3n) is 4.14. The molecule has 1 aliphatic heterocycles. The first-order chi connectivity index (χ1) is 8.50. The van der Waals surface area contributed by atoms with E-state index in [9.17, 15) is 0 Å². The topological polar surface area (TPSA) is 12.5 Å². The van der Waals surface area contributed by atoms with E-state index < -0.39 is 0 Å². The molecule has 0 aromatic carbocycles. The quantitative estimate of drug-likeness (QED) is 0.562. The molecular formula is C15H31NOS. The molecule has 18 heavy (non-hydrogen) atoms. The minimum atomic E-state index is 0.496. The van der Waals surface area contributed by atoms with E-state index >= 15 is 0 Å². The van der Waals surface area contributed by atoms with Crippen molar-refractivity contribution in [3.63, 3.8) is 0 Å². The summed E-state index contributed by atoms with van der Waals surface area (Å²) in [4.78, 5) is 2.61. The molecule has 0 spiro atoms. The second kappa shape index (κ2) is 8.44. The molecule has 1 unspecified atom stereocenters. The Morgan fingerprint density at radius 3 is 2.28 bits per heavy atom. The van der Waals surface area contributed by atoms with Crippen LogP contribution in [-0.4, -0.2) is 42.0 Å². The van der Waals surface area contributed by atoms with Crippen molar-refractivity contribution >= 4 is 12.6 Å². The fraction of sp³-hybridized carbons (Fsp3) is 1.00. The lowest BCUT2D eigenvalue weighted by Gasteiger charge is -2.37. The number of hydrogen-bond acceptors (Lipinski definition) is 3. The lowest BCUT2D eigenvalue weighted by Crippen LogP contribution is -2.44. The molecule has 0 aromatic heterocycles. The minimum Gasteiger partial charge on any atom is -0.378 e. The zero-order chi connectivity index (χ0) is 13.5. The third-order valence-corrected chi connectivity index (χ3v) is 4.40. The Morgan fingerprint density at radius 1 is 1.17 bits per heavy atom. The monoisotopic (exact) mass is 273 g/mol. The van der Waals surface area contributed by atoms with Crippen LogP contribution in [-0.2, 0) is 4.74 Å². The Balaban J connectivity index is 2.12. The Kier molecular flexibility index (Phi) is 7.66. The van der Waals surface area contributed by atoms with Crippen LogP contribution in [0.3, 0.4) is 0 Å². The molecule has 1 aliphatic rings. The SMILES string of the molecule is CC(S)CCCOC1CCN([C@H](C)C(C)C)CC1. The van der Waals surface area contributed by atoms with Gasteiger partial charge in [-0.1, -0.05) is 20.8 Å².